The van der Waals surface area contributed by atoms with Crippen molar-refractivity contribution in [3.8, 4) is 56.2 Å². The Labute approximate surface area is 319 Å². The maximum Gasteiger partial charge on any atom is 0.161 e. The largest absolute Gasteiger partial charge is 0.456 e. The van der Waals surface area contributed by atoms with Gasteiger partial charge in [-0.3, -0.25) is 0 Å². The Hall–Kier alpha value is -7.10. The molecule has 11 rings (SSSR count). The predicted molar refractivity (Wildman–Crippen MR) is 226 cm³/mol. The number of hydrogen-bond acceptors (Lipinski definition) is 3. The molecule has 0 fully saturated rings. The van der Waals surface area contributed by atoms with Gasteiger partial charge in [-0.2, -0.15) is 0 Å². The molecule has 0 bridgehead atoms. The minimum Gasteiger partial charge on any atom is -0.456 e. The number of nitrogens with zero attached hydrogens (tertiary/aromatic N) is 2. The van der Waals surface area contributed by atoms with E-state index in [1.807, 2.05) is 18.2 Å². The van der Waals surface area contributed by atoms with Crippen LogP contribution in [-0.2, 0) is 5.41 Å². The van der Waals surface area contributed by atoms with Crippen LogP contribution in [0, 0.1) is 0 Å². The van der Waals surface area contributed by atoms with E-state index in [1.54, 1.807) is 0 Å². The Morgan fingerprint density at radius 3 is 1.93 bits per heavy atom. The van der Waals surface area contributed by atoms with E-state index in [0.717, 1.165) is 71.9 Å². The van der Waals surface area contributed by atoms with Gasteiger partial charge in [0.1, 0.15) is 11.2 Å². The fraction of sp³-hybridized carbons (Fsp3) is 0.0385. The van der Waals surface area contributed by atoms with E-state index in [9.17, 15) is 0 Å². The molecule has 2 heterocycles. The molecule has 1 unspecified atom stereocenters. The second kappa shape index (κ2) is 12.2. The van der Waals surface area contributed by atoms with E-state index in [-0.39, 0.29) is 5.41 Å². The molecule has 55 heavy (non-hydrogen) atoms. The van der Waals surface area contributed by atoms with Gasteiger partial charge in [0.25, 0.3) is 0 Å². The van der Waals surface area contributed by atoms with Crippen molar-refractivity contribution in [3.05, 3.63) is 205 Å². The van der Waals surface area contributed by atoms with Crippen LogP contribution in [0.25, 0.3) is 88.9 Å². The summed E-state index contributed by atoms with van der Waals surface area (Å²) in [6.45, 7) is 2.36. The van der Waals surface area contributed by atoms with E-state index in [0.29, 0.717) is 5.82 Å². The average Bonchev–Trinajstić information content (AvgIpc) is 3.77. The highest BCUT2D eigenvalue weighted by Gasteiger charge is 2.40. The number of benzene rings is 8. The van der Waals surface area contributed by atoms with Crippen LogP contribution in [0.15, 0.2) is 192 Å². The molecule has 2 aromatic heterocycles. The zero-order valence-electron chi connectivity index (χ0n) is 30.2. The summed E-state index contributed by atoms with van der Waals surface area (Å²) in [4.78, 5) is 10.7. The van der Waals surface area contributed by atoms with Crippen molar-refractivity contribution in [2.24, 2.45) is 0 Å². The highest BCUT2D eigenvalue weighted by atomic mass is 16.3. The summed E-state index contributed by atoms with van der Waals surface area (Å²) in [5, 5.41) is 4.52. The molecule has 0 saturated heterocycles. The first kappa shape index (κ1) is 31.4. The molecule has 3 heteroatoms. The maximum absolute atomic E-state index is 6.27. The lowest BCUT2D eigenvalue weighted by Gasteiger charge is -2.28. The van der Waals surface area contributed by atoms with Crippen molar-refractivity contribution in [1.82, 2.24) is 9.97 Å². The predicted octanol–water partition coefficient (Wildman–Crippen LogP) is 13.5. The van der Waals surface area contributed by atoms with Gasteiger partial charge in [0.2, 0.25) is 0 Å². The minimum absolute atomic E-state index is 0.315. The molecule has 0 N–H and O–H groups in total. The molecule has 1 aliphatic carbocycles. The van der Waals surface area contributed by atoms with Crippen LogP contribution in [0.5, 0.6) is 0 Å². The SMILES string of the molecule is CC1(c2ccccc2)c2ccccc2-c2ccc(-c3cc(-c4cccc(-c5cccc6oc7ccccc7c56)c4)nc(-c4cccc5ccccc45)n3)cc21. The van der Waals surface area contributed by atoms with Gasteiger partial charge < -0.3 is 4.42 Å². The zero-order valence-corrected chi connectivity index (χ0v) is 30.2. The summed E-state index contributed by atoms with van der Waals surface area (Å²) in [6.07, 6.45) is 0. The lowest BCUT2D eigenvalue weighted by atomic mass is 9.74. The molecule has 1 aliphatic rings. The third-order valence-corrected chi connectivity index (χ3v) is 11.6. The second-order valence-corrected chi connectivity index (χ2v) is 14.6. The Morgan fingerprint density at radius 2 is 1.04 bits per heavy atom. The maximum atomic E-state index is 6.27. The molecule has 0 saturated carbocycles. The van der Waals surface area contributed by atoms with Crippen LogP contribution in [0.1, 0.15) is 23.6 Å². The molecular weight excluding hydrogens is 669 g/mol. The standard InChI is InChI=1S/C52H34N2O/c1-52(37-18-3-2-4-19-37)44-25-9-7-21-40(44)41-29-28-36(31-45(41)52)47-32-46(53-51(54-47)42-24-12-15-33-14-5-6-20-38(33)42)35-17-11-16-34(30-35)39-23-13-27-49-50(39)43-22-8-10-26-48(43)55-49/h2-32H,1H3. The summed E-state index contributed by atoms with van der Waals surface area (Å²) in [5.74, 6) is 0.701. The third kappa shape index (κ3) is 4.90. The van der Waals surface area contributed by atoms with E-state index in [4.69, 9.17) is 14.4 Å². The summed E-state index contributed by atoms with van der Waals surface area (Å²) in [7, 11) is 0. The van der Waals surface area contributed by atoms with E-state index < -0.39 is 0 Å². The molecular formula is C52H34N2O. The number of aromatic nitrogens is 2. The number of hydrogen-bond donors (Lipinski definition) is 0. The number of fused-ring (bicyclic) bond motifs is 7. The Morgan fingerprint density at radius 1 is 0.418 bits per heavy atom. The molecule has 0 aliphatic heterocycles. The van der Waals surface area contributed by atoms with Crippen LogP contribution in [0.2, 0.25) is 0 Å². The summed E-state index contributed by atoms with van der Waals surface area (Å²) in [5.41, 5.74) is 15.0. The first-order valence-electron chi connectivity index (χ1n) is 18.8. The molecule has 258 valence electrons. The first-order chi connectivity index (χ1) is 27.1. The number of furan rings is 1. The molecule has 1 atom stereocenters. The smallest absolute Gasteiger partial charge is 0.161 e. The minimum atomic E-state index is -0.315. The van der Waals surface area contributed by atoms with Gasteiger partial charge in [-0.25, -0.2) is 9.97 Å². The summed E-state index contributed by atoms with van der Waals surface area (Å²) in [6, 6.07) is 66.9. The van der Waals surface area contributed by atoms with Crippen molar-refractivity contribution in [3.63, 3.8) is 0 Å². The Kier molecular flexibility index (Phi) is 6.99. The number of para-hydroxylation sites is 1. The van der Waals surface area contributed by atoms with Gasteiger partial charge >= 0.3 is 0 Å². The molecule has 10 aromatic rings. The molecule has 8 aromatic carbocycles. The van der Waals surface area contributed by atoms with Crippen LogP contribution in [-0.4, -0.2) is 9.97 Å². The normalized spacial score (nSPS) is 14.7. The van der Waals surface area contributed by atoms with Gasteiger partial charge in [-0.05, 0) is 87.0 Å². The molecule has 3 nitrogen and oxygen atoms in total. The topological polar surface area (TPSA) is 38.9 Å². The first-order valence-corrected chi connectivity index (χ1v) is 18.8. The highest BCUT2D eigenvalue weighted by molar-refractivity contribution is 6.12. The molecule has 0 amide bonds. The zero-order chi connectivity index (χ0) is 36.5. The Bertz CT molecular complexity index is 3120. The van der Waals surface area contributed by atoms with Gasteiger partial charge in [-0.15, -0.1) is 0 Å². The van der Waals surface area contributed by atoms with Crippen molar-refractivity contribution < 1.29 is 4.42 Å². The van der Waals surface area contributed by atoms with E-state index >= 15 is 0 Å². The van der Waals surface area contributed by atoms with Crippen molar-refractivity contribution >= 4 is 32.7 Å². The van der Waals surface area contributed by atoms with Gasteiger partial charge in [0.05, 0.1) is 11.4 Å². The lowest BCUT2D eigenvalue weighted by molar-refractivity contribution is 0.669. The summed E-state index contributed by atoms with van der Waals surface area (Å²) < 4.78 is 6.27. The quantitative estimate of drug-likeness (QED) is 0.179. The lowest BCUT2D eigenvalue weighted by Crippen LogP contribution is -2.22. The Balaban J connectivity index is 1.12. The van der Waals surface area contributed by atoms with Gasteiger partial charge in [-0.1, -0.05) is 158 Å². The third-order valence-electron chi connectivity index (χ3n) is 11.6. The fourth-order valence-electron chi connectivity index (χ4n) is 8.88. The monoisotopic (exact) mass is 702 g/mol. The molecule has 0 spiro atoms. The van der Waals surface area contributed by atoms with Crippen LogP contribution < -0.4 is 0 Å². The van der Waals surface area contributed by atoms with Crippen molar-refractivity contribution in [2.75, 3.05) is 0 Å². The molecule has 0 radical (unpaired) electrons. The van der Waals surface area contributed by atoms with Gasteiger partial charge in [0.15, 0.2) is 5.82 Å². The van der Waals surface area contributed by atoms with E-state index in [2.05, 4.69) is 177 Å². The van der Waals surface area contributed by atoms with Crippen molar-refractivity contribution in [2.45, 2.75) is 12.3 Å². The number of rotatable bonds is 5. The summed E-state index contributed by atoms with van der Waals surface area (Å²) >= 11 is 0. The van der Waals surface area contributed by atoms with E-state index in [1.165, 1.54) is 27.8 Å². The van der Waals surface area contributed by atoms with Crippen LogP contribution in [0.3, 0.4) is 0 Å². The fourth-order valence-corrected chi connectivity index (χ4v) is 8.88. The van der Waals surface area contributed by atoms with Crippen molar-refractivity contribution in [1.29, 1.82) is 0 Å². The van der Waals surface area contributed by atoms with Crippen LogP contribution in [0.4, 0.5) is 0 Å². The van der Waals surface area contributed by atoms with Crippen LogP contribution >= 0.6 is 0 Å². The van der Waals surface area contributed by atoms with Gasteiger partial charge in [0, 0.05) is 32.9 Å². The average molecular weight is 703 g/mol. The second-order valence-electron chi connectivity index (χ2n) is 14.6. The highest BCUT2D eigenvalue weighted by Crippen LogP contribution is 2.53.